The number of piperazine rings is 1. The first-order valence-electron chi connectivity index (χ1n) is 8.20. The number of sulfonamides is 1. The van der Waals surface area contributed by atoms with Crippen molar-refractivity contribution in [2.75, 3.05) is 39.8 Å². The fourth-order valence-electron chi connectivity index (χ4n) is 2.58. The average molecular weight is 370 g/mol. The molecule has 2 rings (SSSR count). The molecule has 1 aromatic carbocycles. The van der Waals surface area contributed by atoms with Crippen LogP contribution >= 0.6 is 0 Å². The van der Waals surface area contributed by atoms with E-state index in [4.69, 9.17) is 9.47 Å². The molecule has 0 N–H and O–H groups in total. The lowest BCUT2D eigenvalue weighted by Crippen LogP contribution is -2.50. The number of esters is 1. The van der Waals surface area contributed by atoms with Gasteiger partial charge in [-0.3, -0.25) is 9.69 Å². The first kappa shape index (κ1) is 19.7. The summed E-state index contributed by atoms with van der Waals surface area (Å²) in [5, 5.41) is 0. The Labute approximate surface area is 149 Å². The van der Waals surface area contributed by atoms with Crippen LogP contribution in [0.1, 0.15) is 20.8 Å². The van der Waals surface area contributed by atoms with Gasteiger partial charge in [-0.05, 0) is 45.0 Å². The zero-order valence-electron chi connectivity index (χ0n) is 15.2. The number of rotatable bonds is 5. The third-order valence-electron chi connectivity index (χ3n) is 3.80. The molecule has 0 atom stereocenters. The van der Waals surface area contributed by atoms with Gasteiger partial charge < -0.3 is 9.47 Å². The van der Waals surface area contributed by atoms with E-state index < -0.39 is 15.6 Å². The molecule has 0 aromatic heterocycles. The molecule has 1 aromatic rings. The monoisotopic (exact) mass is 370 g/mol. The summed E-state index contributed by atoms with van der Waals surface area (Å²) >= 11 is 0. The van der Waals surface area contributed by atoms with Gasteiger partial charge in [-0.15, -0.1) is 0 Å². The Morgan fingerprint density at radius 3 is 2.12 bits per heavy atom. The van der Waals surface area contributed by atoms with Crippen LogP contribution in [-0.2, 0) is 19.6 Å². The van der Waals surface area contributed by atoms with Crippen molar-refractivity contribution in [3.8, 4) is 5.75 Å². The maximum atomic E-state index is 12.7. The maximum absolute atomic E-state index is 12.7. The molecule has 0 amide bonds. The Hall–Kier alpha value is -1.64. The van der Waals surface area contributed by atoms with E-state index in [-0.39, 0.29) is 17.4 Å². The molecule has 0 unspecified atom stereocenters. The number of methoxy groups -OCH3 is 1. The van der Waals surface area contributed by atoms with E-state index in [9.17, 15) is 13.2 Å². The minimum atomic E-state index is -3.53. The molecule has 1 saturated heterocycles. The molecule has 0 bridgehead atoms. The van der Waals surface area contributed by atoms with Crippen molar-refractivity contribution in [2.45, 2.75) is 31.3 Å². The van der Waals surface area contributed by atoms with Gasteiger partial charge in [0.05, 0.1) is 18.6 Å². The highest BCUT2D eigenvalue weighted by atomic mass is 32.2. The molecule has 0 aliphatic carbocycles. The second kappa shape index (κ2) is 7.72. The first-order chi connectivity index (χ1) is 11.6. The van der Waals surface area contributed by atoms with Gasteiger partial charge in [-0.25, -0.2) is 8.42 Å². The van der Waals surface area contributed by atoms with E-state index in [1.54, 1.807) is 24.3 Å². The SMILES string of the molecule is COc1ccc(S(=O)(=O)N2CCN(CC(=O)OC(C)(C)C)CC2)cc1. The van der Waals surface area contributed by atoms with Gasteiger partial charge in [0, 0.05) is 26.2 Å². The molecular weight excluding hydrogens is 344 g/mol. The highest BCUT2D eigenvalue weighted by Gasteiger charge is 2.29. The predicted molar refractivity (Wildman–Crippen MR) is 94.0 cm³/mol. The zero-order valence-corrected chi connectivity index (χ0v) is 16.0. The molecule has 1 heterocycles. The van der Waals surface area contributed by atoms with Crippen molar-refractivity contribution in [2.24, 2.45) is 0 Å². The van der Waals surface area contributed by atoms with Crippen molar-refractivity contribution in [1.82, 2.24) is 9.21 Å². The summed E-state index contributed by atoms with van der Waals surface area (Å²) in [6.45, 7) is 7.32. The van der Waals surface area contributed by atoms with E-state index >= 15 is 0 Å². The van der Waals surface area contributed by atoms with Gasteiger partial charge in [-0.1, -0.05) is 0 Å². The largest absolute Gasteiger partial charge is 0.497 e. The van der Waals surface area contributed by atoms with Crippen molar-refractivity contribution < 1.29 is 22.7 Å². The van der Waals surface area contributed by atoms with Crippen LogP contribution in [0.15, 0.2) is 29.2 Å². The molecule has 0 spiro atoms. The number of carbonyl (C=O) groups excluding carboxylic acids is 1. The quantitative estimate of drug-likeness (QED) is 0.728. The summed E-state index contributed by atoms with van der Waals surface area (Å²) in [6, 6.07) is 6.35. The average Bonchev–Trinajstić information content (AvgIpc) is 2.53. The summed E-state index contributed by atoms with van der Waals surface area (Å²) in [6.07, 6.45) is 0. The fourth-order valence-corrected chi connectivity index (χ4v) is 4.00. The number of carbonyl (C=O) groups is 1. The van der Waals surface area contributed by atoms with Crippen LogP contribution in [0.4, 0.5) is 0 Å². The van der Waals surface area contributed by atoms with Gasteiger partial charge in [0.1, 0.15) is 11.4 Å². The smallest absolute Gasteiger partial charge is 0.320 e. The van der Waals surface area contributed by atoms with Gasteiger partial charge in [-0.2, -0.15) is 4.31 Å². The normalized spacial score (nSPS) is 17.3. The van der Waals surface area contributed by atoms with E-state index in [1.165, 1.54) is 11.4 Å². The number of nitrogens with zero attached hydrogens (tertiary/aromatic N) is 2. The molecule has 1 aliphatic heterocycles. The summed E-state index contributed by atoms with van der Waals surface area (Å²) < 4.78 is 37.2. The van der Waals surface area contributed by atoms with Gasteiger partial charge >= 0.3 is 5.97 Å². The number of hydrogen-bond donors (Lipinski definition) is 0. The number of ether oxygens (including phenoxy) is 2. The van der Waals surface area contributed by atoms with Crippen LogP contribution in [0.5, 0.6) is 5.75 Å². The summed E-state index contributed by atoms with van der Waals surface area (Å²) in [5.74, 6) is 0.320. The van der Waals surface area contributed by atoms with Crippen LogP contribution in [0.3, 0.4) is 0 Å². The summed E-state index contributed by atoms with van der Waals surface area (Å²) in [5.41, 5.74) is -0.517. The highest BCUT2D eigenvalue weighted by Crippen LogP contribution is 2.20. The van der Waals surface area contributed by atoms with Crippen LogP contribution < -0.4 is 4.74 Å². The highest BCUT2D eigenvalue weighted by molar-refractivity contribution is 7.89. The molecule has 140 valence electrons. The summed E-state index contributed by atoms with van der Waals surface area (Å²) in [4.78, 5) is 14.0. The van der Waals surface area contributed by atoms with Crippen molar-refractivity contribution in [3.63, 3.8) is 0 Å². The lowest BCUT2D eigenvalue weighted by Gasteiger charge is -2.33. The molecule has 0 saturated carbocycles. The predicted octanol–water partition coefficient (Wildman–Crippen LogP) is 1.34. The van der Waals surface area contributed by atoms with Gasteiger partial charge in [0.2, 0.25) is 10.0 Å². The molecule has 8 heteroatoms. The minimum absolute atomic E-state index is 0.174. The lowest BCUT2D eigenvalue weighted by atomic mass is 10.2. The van der Waals surface area contributed by atoms with E-state index in [0.717, 1.165) is 0 Å². The van der Waals surface area contributed by atoms with E-state index in [0.29, 0.717) is 31.9 Å². The van der Waals surface area contributed by atoms with Crippen LogP contribution in [0.25, 0.3) is 0 Å². The molecule has 1 fully saturated rings. The van der Waals surface area contributed by atoms with Crippen molar-refractivity contribution >= 4 is 16.0 Å². The van der Waals surface area contributed by atoms with E-state index in [2.05, 4.69) is 0 Å². The Balaban J connectivity index is 1.93. The molecular formula is C17H26N2O5S. The van der Waals surface area contributed by atoms with Gasteiger partial charge in [0.15, 0.2) is 0 Å². The molecule has 7 nitrogen and oxygen atoms in total. The minimum Gasteiger partial charge on any atom is -0.497 e. The second-order valence-corrected chi connectivity index (χ2v) is 8.88. The van der Waals surface area contributed by atoms with Crippen molar-refractivity contribution in [1.29, 1.82) is 0 Å². The van der Waals surface area contributed by atoms with Crippen LogP contribution in [0, 0.1) is 0 Å². The third-order valence-corrected chi connectivity index (χ3v) is 5.71. The molecule has 0 radical (unpaired) electrons. The number of benzene rings is 1. The van der Waals surface area contributed by atoms with Crippen LogP contribution in [0.2, 0.25) is 0 Å². The third kappa shape index (κ3) is 5.42. The fraction of sp³-hybridized carbons (Fsp3) is 0.588. The Morgan fingerprint density at radius 1 is 1.08 bits per heavy atom. The van der Waals surface area contributed by atoms with Crippen LogP contribution in [-0.4, -0.2) is 69.0 Å². The molecule has 1 aliphatic rings. The first-order valence-corrected chi connectivity index (χ1v) is 9.64. The van der Waals surface area contributed by atoms with Gasteiger partial charge in [0.25, 0.3) is 0 Å². The second-order valence-electron chi connectivity index (χ2n) is 6.94. The summed E-state index contributed by atoms with van der Waals surface area (Å²) in [7, 11) is -2.00. The Morgan fingerprint density at radius 2 is 1.64 bits per heavy atom. The topological polar surface area (TPSA) is 76.2 Å². The zero-order chi connectivity index (χ0) is 18.7. The van der Waals surface area contributed by atoms with Crippen molar-refractivity contribution in [3.05, 3.63) is 24.3 Å². The Kier molecular flexibility index (Phi) is 6.08. The molecule has 25 heavy (non-hydrogen) atoms. The number of hydrogen-bond acceptors (Lipinski definition) is 6. The lowest BCUT2D eigenvalue weighted by molar-refractivity contribution is -0.156. The Bertz CT molecular complexity index is 687. The van der Waals surface area contributed by atoms with E-state index in [1.807, 2.05) is 25.7 Å². The maximum Gasteiger partial charge on any atom is 0.320 e. The standard InChI is InChI=1S/C17H26N2O5S/c1-17(2,3)24-16(20)13-18-9-11-19(12-10-18)25(21,22)15-7-5-14(23-4)6-8-15/h5-8H,9-13H2,1-4H3.